The SMILES string of the molecule is NC1CC1C(=O)NCC1CCCCO1. The highest BCUT2D eigenvalue weighted by atomic mass is 16.5. The van der Waals surface area contributed by atoms with Crippen LogP contribution < -0.4 is 11.1 Å². The maximum atomic E-state index is 11.4. The normalized spacial score (nSPS) is 36.5. The molecule has 1 amide bonds. The first-order valence-corrected chi connectivity index (χ1v) is 5.42. The van der Waals surface area contributed by atoms with Gasteiger partial charge in [0.2, 0.25) is 5.91 Å². The third-order valence-corrected chi connectivity index (χ3v) is 2.95. The molecule has 0 bridgehead atoms. The van der Waals surface area contributed by atoms with Crippen molar-refractivity contribution in [3.05, 3.63) is 0 Å². The summed E-state index contributed by atoms with van der Waals surface area (Å²) in [6.45, 7) is 1.49. The second-order valence-electron chi connectivity index (χ2n) is 4.24. The minimum Gasteiger partial charge on any atom is -0.376 e. The van der Waals surface area contributed by atoms with Crippen LogP contribution in [-0.2, 0) is 9.53 Å². The highest BCUT2D eigenvalue weighted by Crippen LogP contribution is 2.27. The van der Waals surface area contributed by atoms with E-state index in [-0.39, 0.29) is 24.0 Å². The van der Waals surface area contributed by atoms with Gasteiger partial charge < -0.3 is 15.8 Å². The molecule has 1 aliphatic carbocycles. The molecule has 2 fully saturated rings. The van der Waals surface area contributed by atoms with E-state index in [1.165, 1.54) is 6.42 Å². The summed E-state index contributed by atoms with van der Waals surface area (Å²) in [5.74, 6) is 0.172. The number of carbonyl (C=O) groups excluding carboxylic acids is 1. The number of nitrogens with two attached hydrogens (primary N) is 1. The van der Waals surface area contributed by atoms with Gasteiger partial charge in [-0.05, 0) is 25.7 Å². The zero-order chi connectivity index (χ0) is 9.97. The maximum Gasteiger partial charge on any atom is 0.224 e. The summed E-state index contributed by atoms with van der Waals surface area (Å²) >= 11 is 0. The average molecular weight is 198 g/mol. The van der Waals surface area contributed by atoms with Crippen LogP contribution in [0.1, 0.15) is 25.7 Å². The number of amides is 1. The van der Waals surface area contributed by atoms with Crippen molar-refractivity contribution >= 4 is 5.91 Å². The summed E-state index contributed by atoms with van der Waals surface area (Å²) in [7, 11) is 0. The molecule has 2 rings (SSSR count). The topological polar surface area (TPSA) is 64.4 Å². The first-order chi connectivity index (χ1) is 6.77. The van der Waals surface area contributed by atoms with Crippen LogP contribution >= 0.6 is 0 Å². The van der Waals surface area contributed by atoms with Gasteiger partial charge in [0.25, 0.3) is 0 Å². The summed E-state index contributed by atoms with van der Waals surface area (Å²) in [4.78, 5) is 11.4. The van der Waals surface area contributed by atoms with E-state index in [4.69, 9.17) is 10.5 Å². The van der Waals surface area contributed by atoms with Crippen LogP contribution in [-0.4, -0.2) is 31.2 Å². The molecule has 0 spiro atoms. The van der Waals surface area contributed by atoms with Gasteiger partial charge in [0, 0.05) is 19.2 Å². The molecule has 4 heteroatoms. The van der Waals surface area contributed by atoms with Gasteiger partial charge in [-0.15, -0.1) is 0 Å². The zero-order valence-electron chi connectivity index (χ0n) is 8.37. The van der Waals surface area contributed by atoms with Crippen molar-refractivity contribution in [3.63, 3.8) is 0 Å². The number of ether oxygens (including phenoxy) is 1. The Morgan fingerprint density at radius 2 is 2.29 bits per heavy atom. The van der Waals surface area contributed by atoms with E-state index in [0.717, 1.165) is 25.9 Å². The van der Waals surface area contributed by atoms with Gasteiger partial charge in [-0.2, -0.15) is 0 Å². The molecule has 1 aliphatic heterocycles. The Bertz CT molecular complexity index is 214. The van der Waals surface area contributed by atoms with E-state index in [2.05, 4.69) is 5.32 Å². The van der Waals surface area contributed by atoms with E-state index < -0.39 is 0 Å². The van der Waals surface area contributed by atoms with E-state index in [0.29, 0.717) is 6.54 Å². The predicted octanol–water partition coefficient (Wildman–Crippen LogP) is 0.0189. The van der Waals surface area contributed by atoms with Crippen LogP contribution in [0.15, 0.2) is 0 Å². The monoisotopic (exact) mass is 198 g/mol. The lowest BCUT2D eigenvalue weighted by Gasteiger charge is -2.22. The van der Waals surface area contributed by atoms with Crippen molar-refractivity contribution in [3.8, 4) is 0 Å². The minimum atomic E-state index is 0.0681. The van der Waals surface area contributed by atoms with Crippen molar-refractivity contribution in [2.45, 2.75) is 37.8 Å². The molecule has 3 atom stereocenters. The fraction of sp³-hybridized carbons (Fsp3) is 0.900. The molecule has 0 aromatic carbocycles. The molecule has 1 saturated carbocycles. The van der Waals surface area contributed by atoms with Crippen molar-refractivity contribution in [2.75, 3.05) is 13.2 Å². The quantitative estimate of drug-likeness (QED) is 0.672. The molecule has 2 aliphatic rings. The molecule has 1 heterocycles. The standard InChI is InChI=1S/C10H18N2O2/c11-9-5-8(9)10(13)12-6-7-3-1-2-4-14-7/h7-9H,1-6,11H2,(H,12,13). The minimum absolute atomic E-state index is 0.0681. The lowest BCUT2D eigenvalue weighted by Crippen LogP contribution is -2.37. The Morgan fingerprint density at radius 3 is 2.86 bits per heavy atom. The third-order valence-electron chi connectivity index (χ3n) is 2.95. The van der Waals surface area contributed by atoms with Crippen LogP contribution in [0, 0.1) is 5.92 Å². The molecule has 1 saturated heterocycles. The first-order valence-electron chi connectivity index (χ1n) is 5.42. The average Bonchev–Trinajstić information content (AvgIpc) is 2.94. The lowest BCUT2D eigenvalue weighted by atomic mass is 10.1. The van der Waals surface area contributed by atoms with Crippen LogP contribution in [0.3, 0.4) is 0 Å². The molecular formula is C10H18N2O2. The van der Waals surface area contributed by atoms with Crippen molar-refractivity contribution in [1.29, 1.82) is 0 Å². The van der Waals surface area contributed by atoms with E-state index in [1.807, 2.05) is 0 Å². The summed E-state index contributed by atoms with van der Waals surface area (Å²) in [5.41, 5.74) is 5.58. The van der Waals surface area contributed by atoms with Gasteiger partial charge in [-0.25, -0.2) is 0 Å². The molecule has 14 heavy (non-hydrogen) atoms. The fourth-order valence-corrected chi connectivity index (χ4v) is 1.83. The van der Waals surface area contributed by atoms with Crippen LogP contribution in [0.5, 0.6) is 0 Å². The van der Waals surface area contributed by atoms with Gasteiger partial charge in [0.05, 0.1) is 12.0 Å². The largest absolute Gasteiger partial charge is 0.376 e. The number of rotatable bonds is 3. The van der Waals surface area contributed by atoms with Gasteiger partial charge in [0.1, 0.15) is 0 Å². The molecule has 80 valence electrons. The number of hydrogen-bond acceptors (Lipinski definition) is 3. The molecule has 0 aromatic rings. The maximum absolute atomic E-state index is 11.4. The van der Waals surface area contributed by atoms with Crippen molar-refractivity contribution in [2.24, 2.45) is 11.7 Å². The molecule has 4 nitrogen and oxygen atoms in total. The number of carbonyl (C=O) groups is 1. The highest BCUT2D eigenvalue weighted by molar-refractivity contribution is 5.82. The van der Waals surface area contributed by atoms with Crippen LogP contribution in [0.4, 0.5) is 0 Å². The number of nitrogens with one attached hydrogen (secondary N) is 1. The molecule has 3 N–H and O–H groups in total. The highest BCUT2D eigenvalue weighted by Gasteiger charge is 2.39. The second kappa shape index (κ2) is 4.28. The van der Waals surface area contributed by atoms with E-state index >= 15 is 0 Å². The fourth-order valence-electron chi connectivity index (χ4n) is 1.83. The summed E-state index contributed by atoms with van der Waals surface area (Å²) in [5, 5.41) is 2.90. The second-order valence-corrected chi connectivity index (χ2v) is 4.24. The third kappa shape index (κ3) is 2.45. The Labute approximate surface area is 84.2 Å². The summed E-state index contributed by atoms with van der Waals surface area (Å²) in [6.07, 6.45) is 4.50. The molecular weight excluding hydrogens is 180 g/mol. The Hall–Kier alpha value is -0.610. The van der Waals surface area contributed by atoms with Crippen LogP contribution in [0.25, 0.3) is 0 Å². The number of hydrogen-bond donors (Lipinski definition) is 2. The zero-order valence-corrected chi connectivity index (χ0v) is 8.37. The first kappa shape index (κ1) is 9.93. The van der Waals surface area contributed by atoms with Crippen LogP contribution in [0.2, 0.25) is 0 Å². The van der Waals surface area contributed by atoms with Crippen molar-refractivity contribution < 1.29 is 9.53 Å². The van der Waals surface area contributed by atoms with Crippen molar-refractivity contribution in [1.82, 2.24) is 5.32 Å². The van der Waals surface area contributed by atoms with Gasteiger partial charge >= 0.3 is 0 Å². The summed E-state index contributed by atoms with van der Waals surface area (Å²) < 4.78 is 5.51. The Balaban J connectivity index is 1.63. The lowest BCUT2D eigenvalue weighted by molar-refractivity contribution is -0.123. The summed E-state index contributed by atoms with van der Waals surface area (Å²) in [6, 6.07) is 0.0993. The molecule has 0 radical (unpaired) electrons. The van der Waals surface area contributed by atoms with E-state index in [1.54, 1.807) is 0 Å². The molecule has 0 aromatic heterocycles. The van der Waals surface area contributed by atoms with Gasteiger partial charge in [-0.1, -0.05) is 0 Å². The molecule has 3 unspecified atom stereocenters. The Kier molecular flexibility index (Phi) is 3.03. The van der Waals surface area contributed by atoms with Gasteiger partial charge in [-0.3, -0.25) is 4.79 Å². The smallest absolute Gasteiger partial charge is 0.224 e. The Morgan fingerprint density at radius 1 is 1.50 bits per heavy atom. The van der Waals surface area contributed by atoms with E-state index in [9.17, 15) is 4.79 Å². The predicted molar refractivity (Wildman–Crippen MR) is 52.7 cm³/mol. The van der Waals surface area contributed by atoms with Gasteiger partial charge in [0.15, 0.2) is 0 Å².